The van der Waals surface area contributed by atoms with E-state index in [0.29, 0.717) is 0 Å². The summed E-state index contributed by atoms with van der Waals surface area (Å²) in [7, 11) is 1.82. The summed E-state index contributed by atoms with van der Waals surface area (Å²) in [6.07, 6.45) is 0.118. The van der Waals surface area contributed by atoms with Gasteiger partial charge in [0.2, 0.25) is 5.91 Å². The van der Waals surface area contributed by atoms with Crippen molar-refractivity contribution in [1.82, 2.24) is 10.2 Å². The molecular weight excluding hydrogens is 176 g/mol. The van der Waals surface area contributed by atoms with E-state index < -0.39 is 0 Å². The smallest absolute Gasteiger partial charge is 0.245 e. The van der Waals surface area contributed by atoms with Crippen LogP contribution >= 0.6 is 0 Å². The van der Waals surface area contributed by atoms with Gasteiger partial charge in [0.05, 0.1) is 6.17 Å². The number of likely N-dealkylation sites (N-methyl/N-ethyl adjacent to an activating group) is 1. The predicted molar refractivity (Wildman–Crippen MR) is 54.6 cm³/mol. The summed E-state index contributed by atoms with van der Waals surface area (Å²) in [6.45, 7) is 1.99. The monoisotopic (exact) mass is 190 g/mol. The molecule has 1 saturated heterocycles. The van der Waals surface area contributed by atoms with E-state index in [-0.39, 0.29) is 18.1 Å². The van der Waals surface area contributed by atoms with E-state index in [2.05, 4.69) is 5.32 Å². The van der Waals surface area contributed by atoms with Gasteiger partial charge in [0.25, 0.3) is 0 Å². The Bertz CT molecular complexity index is 336. The number of nitrogens with zero attached hydrogens (tertiary/aromatic N) is 1. The molecule has 0 aromatic heterocycles. The molecule has 74 valence electrons. The minimum atomic E-state index is -0.170. The highest BCUT2D eigenvalue weighted by Gasteiger charge is 2.34. The molecule has 0 radical (unpaired) electrons. The van der Waals surface area contributed by atoms with Gasteiger partial charge in [-0.25, -0.2) is 0 Å². The fourth-order valence-electron chi connectivity index (χ4n) is 1.70. The van der Waals surface area contributed by atoms with Crippen LogP contribution in [0, 0.1) is 0 Å². The standard InChI is InChI=1S/C11H14N2O/c1-8-12-10(11(14)13(8)2)9-6-4-3-5-7-9/h3-8,10,12H,1-2H3. The van der Waals surface area contributed by atoms with Crippen LogP contribution in [0.2, 0.25) is 0 Å². The average molecular weight is 190 g/mol. The van der Waals surface area contributed by atoms with Crippen LogP contribution < -0.4 is 5.32 Å². The molecule has 0 saturated carbocycles. The van der Waals surface area contributed by atoms with Crippen LogP contribution in [0.5, 0.6) is 0 Å². The molecule has 1 aromatic rings. The molecule has 0 aliphatic carbocycles. The lowest BCUT2D eigenvalue weighted by atomic mass is 10.1. The molecule has 3 heteroatoms. The van der Waals surface area contributed by atoms with Gasteiger partial charge in [0, 0.05) is 7.05 Å². The van der Waals surface area contributed by atoms with Crippen LogP contribution in [0.25, 0.3) is 0 Å². The van der Waals surface area contributed by atoms with Crippen LogP contribution in [-0.2, 0) is 4.79 Å². The van der Waals surface area contributed by atoms with Gasteiger partial charge in [0.15, 0.2) is 0 Å². The minimum absolute atomic E-state index is 0.118. The Morgan fingerprint density at radius 1 is 1.29 bits per heavy atom. The van der Waals surface area contributed by atoms with Crippen LogP contribution in [0.1, 0.15) is 18.5 Å². The highest BCUT2D eigenvalue weighted by molar-refractivity contribution is 5.85. The first kappa shape index (κ1) is 9.21. The second kappa shape index (κ2) is 3.42. The number of benzene rings is 1. The summed E-state index contributed by atoms with van der Waals surface area (Å²) in [5.41, 5.74) is 1.04. The van der Waals surface area contributed by atoms with Crippen molar-refractivity contribution in [3.05, 3.63) is 35.9 Å². The van der Waals surface area contributed by atoms with Gasteiger partial charge in [-0.3, -0.25) is 10.1 Å². The van der Waals surface area contributed by atoms with E-state index in [9.17, 15) is 4.79 Å². The molecule has 1 heterocycles. The number of amides is 1. The average Bonchev–Trinajstić information content (AvgIpc) is 2.47. The molecule has 1 N–H and O–H groups in total. The third-order valence-electron chi connectivity index (χ3n) is 2.72. The van der Waals surface area contributed by atoms with Crippen molar-refractivity contribution in [1.29, 1.82) is 0 Å². The first-order valence-corrected chi connectivity index (χ1v) is 4.78. The molecular formula is C11H14N2O. The number of rotatable bonds is 1. The van der Waals surface area contributed by atoms with E-state index in [1.807, 2.05) is 44.3 Å². The SMILES string of the molecule is CC1NC(c2ccccc2)C(=O)N1C. The van der Waals surface area contributed by atoms with E-state index >= 15 is 0 Å². The number of carbonyl (C=O) groups is 1. The molecule has 0 bridgehead atoms. The molecule has 2 unspecified atom stereocenters. The Hall–Kier alpha value is -1.35. The lowest BCUT2D eigenvalue weighted by Gasteiger charge is -2.12. The Balaban J connectivity index is 2.26. The molecule has 1 aliphatic heterocycles. The molecule has 1 aromatic carbocycles. The van der Waals surface area contributed by atoms with Gasteiger partial charge in [-0.1, -0.05) is 30.3 Å². The van der Waals surface area contributed by atoms with Gasteiger partial charge in [-0.2, -0.15) is 0 Å². The van der Waals surface area contributed by atoms with E-state index in [1.54, 1.807) is 4.90 Å². The van der Waals surface area contributed by atoms with Gasteiger partial charge in [-0.15, -0.1) is 0 Å². The second-order valence-corrected chi connectivity index (χ2v) is 3.64. The summed E-state index contributed by atoms with van der Waals surface area (Å²) in [5.74, 6) is 0.142. The Morgan fingerprint density at radius 3 is 2.43 bits per heavy atom. The fourth-order valence-corrected chi connectivity index (χ4v) is 1.70. The Kier molecular flexibility index (Phi) is 2.25. The van der Waals surface area contributed by atoms with Gasteiger partial charge in [-0.05, 0) is 12.5 Å². The molecule has 1 amide bonds. The quantitative estimate of drug-likeness (QED) is 0.720. The van der Waals surface area contributed by atoms with Gasteiger partial charge < -0.3 is 4.90 Å². The first-order valence-electron chi connectivity index (χ1n) is 4.78. The van der Waals surface area contributed by atoms with E-state index in [4.69, 9.17) is 0 Å². The zero-order valence-corrected chi connectivity index (χ0v) is 8.40. The first-order chi connectivity index (χ1) is 6.70. The maximum atomic E-state index is 11.8. The molecule has 3 nitrogen and oxygen atoms in total. The van der Waals surface area contributed by atoms with Crippen LogP contribution in [0.15, 0.2) is 30.3 Å². The number of hydrogen-bond acceptors (Lipinski definition) is 2. The van der Waals surface area contributed by atoms with E-state index in [1.165, 1.54) is 0 Å². The third-order valence-corrected chi connectivity index (χ3v) is 2.72. The number of hydrogen-bond donors (Lipinski definition) is 1. The Morgan fingerprint density at radius 2 is 1.93 bits per heavy atom. The predicted octanol–water partition coefficient (Wildman–Crippen LogP) is 1.14. The van der Waals surface area contributed by atoms with Crippen molar-refractivity contribution in [3.8, 4) is 0 Å². The zero-order valence-electron chi connectivity index (χ0n) is 8.40. The topological polar surface area (TPSA) is 32.3 Å². The van der Waals surface area contributed by atoms with Crippen molar-refractivity contribution >= 4 is 5.91 Å². The molecule has 2 rings (SSSR count). The summed E-state index contributed by atoms with van der Waals surface area (Å²) >= 11 is 0. The maximum absolute atomic E-state index is 11.8. The second-order valence-electron chi connectivity index (χ2n) is 3.64. The molecule has 1 fully saturated rings. The minimum Gasteiger partial charge on any atom is -0.329 e. The molecule has 1 aliphatic rings. The Labute approximate surface area is 83.7 Å². The van der Waals surface area contributed by atoms with E-state index in [0.717, 1.165) is 5.56 Å². The van der Waals surface area contributed by atoms with Gasteiger partial charge >= 0.3 is 0 Å². The highest BCUT2D eigenvalue weighted by Crippen LogP contribution is 2.22. The lowest BCUT2D eigenvalue weighted by Crippen LogP contribution is -2.30. The van der Waals surface area contributed by atoms with Crippen molar-refractivity contribution in [2.45, 2.75) is 19.1 Å². The zero-order chi connectivity index (χ0) is 10.1. The van der Waals surface area contributed by atoms with Gasteiger partial charge in [0.1, 0.15) is 6.04 Å². The van der Waals surface area contributed by atoms with Crippen LogP contribution in [-0.4, -0.2) is 24.0 Å². The molecule has 0 spiro atoms. The highest BCUT2D eigenvalue weighted by atomic mass is 16.2. The fraction of sp³-hybridized carbons (Fsp3) is 0.364. The number of carbonyl (C=O) groups excluding carboxylic acids is 1. The summed E-state index contributed by atoms with van der Waals surface area (Å²) < 4.78 is 0. The lowest BCUT2D eigenvalue weighted by molar-refractivity contribution is -0.128. The number of nitrogens with one attached hydrogen (secondary N) is 1. The van der Waals surface area contributed by atoms with Crippen molar-refractivity contribution in [2.24, 2.45) is 0 Å². The van der Waals surface area contributed by atoms with Crippen LogP contribution in [0.3, 0.4) is 0 Å². The van der Waals surface area contributed by atoms with Crippen molar-refractivity contribution < 1.29 is 4.79 Å². The molecule has 2 atom stereocenters. The largest absolute Gasteiger partial charge is 0.329 e. The maximum Gasteiger partial charge on any atom is 0.245 e. The normalized spacial score (nSPS) is 27.0. The summed E-state index contributed by atoms with van der Waals surface area (Å²) in [5, 5.41) is 3.25. The van der Waals surface area contributed by atoms with Crippen molar-refractivity contribution in [3.63, 3.8) is 0 Å². The molecule has 14 heavy (non-hydrogen) atoms. The van der Waals surface area contributed by atoms with Crippen molar-refractivity contribution in [2.75, 3.05) is 7.05 Å². The summed E-state index contributed by atoms with van der Waals surface area (Å²) in [6, 6.07) is 9.63. The summed E-state index contributed by atoms with van der Waals surface area (Å²) in [4.78, 5) is 13.5. The van der Waals surface area contributed by atoms with Crippen LogP contribution in [0.4, 0.5) is 0 Å². The third kappa shape index (κ3) is 1.40.